The van der Waals surface area contributed by atoms with E-state index in [1.165, 1.54) is 0 Å². The Labute approximate surface area is 116 Å². The average Bonchev–Trinajstić information content (AvgIpc) is 2.80. The van der Waals surface area contributed by atoms with Gasteiger partial charge >= 0.3 is 0 Å². The summed E-state index contributed by atoms with van der Waals surface area (Å²) >= 11 is 5.83. The van der Waals surface area contributed by atoms with Crippen LogP contribution in [-0.4, -0.2) is 22.2 Å². The number of hydrogen-bond acceptors (Lipinski definition) is 3. The Morgan fingerprint density at radius 2 is 2.32 bits per heavy atom. The molecule has 0 aliphatic heterocycles. The minimum absolute atomic E-state index is 0.0591. The number of aromatic nitrogens is 2. The Kier molecular flexibility index (Phi) is 4.58. The Balaban J connectivity index is 1.75. The predicted octanol–water partition coefficient (Wildman–Crippen LogP) is 2.65. The minimum Gasteiger partial charge on any atom is -0.486 e. The number of carbonyl (C=O) groups excluding carboxylic acids is 1. The van der Waals surface area contributed by atoms with E-state index in [0.717, 1.165) is 5.56 Å². The molecule has 0 unspecified atom stereocenters. The maximum atomic E-state index is 11.7. The van der Waals surface area contributed by atoms with Crippen LogP contribution in [0.5, 0.6) is 5.75 Å². The Hall–Kier alpha value is -1.81. The van der Waals surface area contributed by atoms with Gasteiger partial charge in [0.1, 0.15) is 12.4 Å². The smallest absolute Gasteiger partial charge is 0.170 e. The average molecular weight is 279 g/mol. The van der Waals surface area contributed by atoms with E-state index in [0.29, 0.717) is 23.6 Å². The van der Waals surface area contributed by atoms with Crippen molar-refractivity contribution in [1.82, 2.24) is 9.78 Å². The van der Waals surface area contributed by atoms with Gasteiger partial charge in [-0.25, -0.2) is 0 Å². The molecule has 100 valence electrons. The fourth-order valence-electron chi connectivity index (χ4n) is 1.68. The number of Topliss-reactive ketones (excluding diaryl/α,β-unsaturated/α-hetero) is 1. The van der Waals surface area contributed by atoms with Crippen LogP contribution < -0.4 is 4.74 Å². The van der Waals surface area contributed by atoms with E-state index in [9.17, 15) is 4.79 Å². The number of ketones is 1. The normalized spacial score (nSPS) is 10.4. The molecule has 0 radical (unpaired) electrons. The van der Waals surface area contributed by atoms with Gasteiger partial charge < -0.3 is 4.74 Å². The molecule has 5 heteroatoms. The summed E-state index contributed by atoms with van der Waals surface area (Å²) in [6.45, 7) is 0.0700. The van der Waals surface area contributed by atoms with Gasteiger partial charge in [0.15, 0.2) is 5.78 Å². The van der Waals surface area contributed by atoms with Crippen molar-refractivity contribution in [2.45, 2.75) is 12.8 Å². The molecule has 0 amide bonds. The molecular weight excluding hydrogens is 264 g/mol. The zero-order chi connectivity index (χ0) is 13.7. The lowest BCUT2D eigenvalue weighted by molar-refractivity contribution is -0.121. The molecule has 0 fully saturated rings. The zero-order valence-corrected chi connectivity index (χ0v) is 11.4. The van der Waals surface area contributed by atoms with Crippen molar-refractivity contribution in [3.8, 4) is 5.75 Å². The minimum atomic E-state index is 0.0591. The number of hydrogen-bond donors (Lipinski definition) is 0. The van der Waals surface area contributed by atoms with Crippen LogP contribution in [0.2, 0.25) is 5.02 Å². The maximum absolute atomic E-state index is 11.7. The first-order chi connectivity index (χ1) is 9.13. The van der Waals surface area contributed by atoms with Crippen LogP contribution in [0.15, 0.2) is 36.7 Å². The van der Waals surface area contributed by atoms with Gasteiger partial charge in [-0.3, -0.25) is 9.48 Å². The van der Waals surface area contributed by atoms with Crippen LogP contribution >= 0.6 is 11.6 Å². The summed E-state index contributed by atoms with van der Waals surface area (Å²) < 4.78 is 7.11. The number of carbonyl (C=O) groups is 1. The standard InChI is InChI=1S/C14H15ClN2O2/c1-17-9-11(8-16-17)5-6-13(18)10-19-14-4-2-3-12(15)7-14/h2-4,7-9H,5-6,10H2,1H3. The van der Waals surface area contributed by atoms with E-state index >= 15 is 0 Å². The van der Waals surface area contributed by atoms with Gasteiger partial charge in [0.25, 0.3) is 0 Å². The van der Waals surface area contributed by atoms with Crippen molar-refractivity contribution in [1.29, 1.82) is 0 Å². The number of ether oxygens (including phenoxy) is 1. The van der Waals surface area contributed by atoms with E-state index in [2.05, 4.69) is 5.10 Å². The Morgan fingerprint density at radius 3 is 3.00 bits per heavy atom. The third-order valence-corrected chi connectivity index (χ3v) is 2.88. The topological polar surface area (TPSA) is 44.1 Å². The van der Waals surface area contributed by atoms with Crippen molar-refractivity contribution in [2.24, 2.45) is 7.05 Å². The Bertz CT molecular complexity index is 566. The highest BCUT2D eigenvalue weighted by Gasteiger charge is 2.05. The first-order valence-corrected chi connectivity index (χ1v) is 6.39. The van der Waals surface area contributed by atoms with Crippen LogP contribution in [0, 0.1) is 0 Å². The molecule has 0 N–H and O–H groups in total. The van der Waals surface area contributed by atoms with Gasteiger partial charge in [0.05, 0.1) is 6.20 Å². The molecule has 0 atom stereocenters. The highest BCUT2D eigenvalue weighted by molar-refractivity contribution is 6.30. The van der Waals surface area contributed by atoms with Gasteiger partial charge in [-0.05, 0) is 30.2 Å². The summed E-state index contributed by atoms with van der Waals surface area (Å²) in [5.41, 5.74) is 1.05. The van der Waals surface area contributed by atoms with Crippen molar-refractivity contribution in [3.63, 3.8) is 0 Å². The van der Waals surface area contributed by atoms with Crippen molar-refractivity contribution < 1.29 is 9.53 Å². The number of halogens is 1. The first kappa shape index (κ1) is 13.6. The maximum Gasteiger partial charge on any atom is 0.170 e. The second-order valence-corrected chi connectivity index (χ2v) is 4.74. The molecular formula is C14H15ClN2O2. The van der Waals surface area contributed by atoms with Crippen molar-refractivity contribution in [3.05, 3.63) is 47.2 Å². The van der Waals surface area contributed by atoms with Crippen LogP contribution in [0.4, 0.5) is 0 Å². The number of nitrogens with zero attached hydrogens (tertiary/aromatic N) is 2. The van der Waals surface area contributed by atoms with Gasteiger partial charge in [0.2, 0.25) is 0 Å². The van der Waals surface area contributed by atoms with Crippen molar-refractivity contribution in [2.75, 3.05) is 6.61 Å². The molecule has 1 heterocycles. The van der Waals surface area contributed by atoms with Gasteiger partial charge in [0, 0.05) is 24.7 Å². The zero-order valence-electron chi connectivity index (χ0n) is 10.7. The lowest BCUT2D eigenvalue weighted by Gasteiger charge is -2.05. The van der Waals surface area contributed by atoms with E-state index in [1.54, 1.807) is 35.1 Å². The van der Waals surface area contributed by atoms with Crippen LogP contribution in [0.1, 0.15) is 12.0 Å². The third kappa shape index (κ3) is 4.41. The Morgan fingerprint density at radius 1 is 1.47 bits per heavy atom. The fraction of sp³-hybridized carbons (Fsp3) is 0.286. The molecule has 4 nitrogen and oxygen atoms in total. The third-order valence-electron chi connectivity index (χ3n) is 2.65. The van der Waals surface area contributed by atoms with Crippen molar-refractivity contribution >= 4 is 17.4 Å². The molecule has 0 aliphatic rings. The van der Waals surface area contributed by atoms with E-state index < -0.39 is 0 Å². The van der Waals surface area contributed by atoms with Crippen LogP contribution in [-0.2, 0) is 18.3 Å². The molecule has 0 aliphatic carbocycles. The molecule has 1 aromatic carbocycles. The monoisotopic (exact) mass is 278 g/mol. The van der Waals surface area contributed by atoms with E-state index in [4.69, 9.17) is 16.3 Å². The summed E-state index contributed by atoms with van der Waals surface area (Å²) in [4.78, 5) is 11.7. The molecule has 2 aromatic rings. The largest absolute Gasteiger partial charge is 0.486 e. The lowest BCUT2D eigenvalue weighted by Crippen LogP contribution is -2.11. The number of benzene rings is 1. The van der Waals surface area contributed by atoms with E-state index in [1.807, 2.05) is 13.2 Å². The molecule has 0 saturated heterocycles. The second-order valence-electron chi connectivity index (χ2n) is 4.31. The summed E-state index contributed by atoms with van der Waals surface area (Å²) in [5, 5.41) is 4.65. The molecule has 2 rings (SSSR count). The second kappa shape index (κ2) is 6.38. The summed E-state index contributed by atoms with van der Waals surface area (Å²) in [5.74, 6) is 0.672. The SMILES string of the molecule is Cn1cc(CCC(=O)COc2cccc(Cl)c2)cn1. The molecule has 1 aromatic heterocycles. The van der Waals surface area contributed by atoms with Gasteiger partial charge in [-0.2, -0.15) is 5.10 Å². The fourth-order valence-corrected chi connectivity index (χ4v) is 1.86. The number of aryl methyl sites for hydroxylation is 2. The molecule has 0 saturated carbocycles. The summed E-state index contributed by atoms with van der Waals surface area (Å²) in [7, 11) is 1.85. The highest BCUT2D eigenvalue weighted by Crippen LogP contribution is 2.17. The van der Waals surface area contributed by atoms with E-state index in [-0.39, 0.29) is 12.4 Å². The molecule has 0 spiro atoms. The predicted molar refractivity (Wildman–Crippen MR) is 73.5 cm³/mol. The quantitative estimate of drug-likeness (QED) is 0.816. The van der Waals surface area contributed by atoms with Gasteiger partial charge in [-0.1, -0.05) is 17.7 Å². The molecule has 19 heavy (non-hydrogen) atoms. The van der Waals surface area contributed by atoms with Crippen LogP contribution in [0.3, 0.4) is 0 Å². The first-order valence-electron chi connectivity index (χ1n) is 6.01. The number of rotatable bonds is 6. The van der Waals surface area contributed by atoms with Crippen LogP contribution in [0.25, 0.3) is 0 Å². The molecule has 0 bridgehead atoms. The highest BCUT2D eigenvalue weighted by atomic mass is 35.5. The summed E-state index contributed by atoms with van der Waals surface area (Å²) in [6.07, 6.45) is 4.81. The summed E-state index contributed by atoms with van der Waals surface area (Å²) in [6, 6.07) is 7.02. The lowest BCUT2D eigenvalue weighted by atomic mass is 10.1. The van der Waals surface area contributed by atoms with Gasteiger partial charge in [-0.15, -0.1) is 0 Å².